The van der Waals surface area contributed by atoms with Crippen LogP contribution in [0.1, 0.15) is 24.8 Å². The third-order valence-electron chi connectivity index (χ3n) is 3.24. The van der Waals surface area contributed by atoms with Crippen molar-refractivity contribution < 1.29 is 5.11 Å². The first-order valence-corrected chi connectivity index (χ1v) is 5.98. The van der Waals surface area contributed by atoms with E-state index in [4.69, 9.17) is 22.0 Å². The summed E-state index contributed by atoms with van der Waals surface area (Å²) in [5.74, 6) is 0.551. The molecule has 2 N–H and O–H groups in total. The number of hydrogen-bond donors (Lipinski definition) is 2. The fourth-order valence-corrected chi connectivity index (χ4v) is 2.07. The van der Waals surface area contributed by atoms with Crippen LogP contribution in [0.2, 0.25) is 5.02 Å². The first-order chi connectivity index (χ1) is 8.21. The molecule has 4 nitrogen and oxygen atoms in total. The van der Waals surface area contributed by atoms with Gasteiger partial charge in [0, 0.05) is 19.3 Å². The van der Waals surface area contributed by atoms with Crippen LogP contribution in [0, 0.1) is 16.7 Å². The van der Waals surface area contributed by atoms with Crippen LogP contribution in [0.4, 0.5) is 5.82 Å². The smallest absolute Gasteiger partial charge is 0.146 e. The molecule has 90 valence electrons. The Kier molecular flexibility index (Phi) is 3.51. The van der Waals surface area contributed by atoms with Gasteiger partial charge in [-0.1, -0.05) is 11.6 Å². The molecule has 1 aliphatic rings. The van der Waals surface area contributed by atoms with Crippen molar-refractivity contribution in [3.63, 3.8) is 0 Å². The van der Waals surface area contributed by atoms with Crippen LogP contribution in [-0.2, 0) is 0 Å². The monoisotopic (exact) mass is 251 g/mol. The lowest BCUT2D eigenvalue weighted by molar-refractivity contribution is 0.253. The van der Waals surface area contributed by atoms with E-state index in [9.17, 15) is 0 Å². The van der Waals surface area contributed by atoms with Crippen molar-refractivity contribution in [2.75, 3.05) is 18.5 Å². The predicted octanol–water partition coefficient (Wildman–Crippen LogP) is 2.18. The van der Waals surface area contributed by atoms with Crippen LogP contribution < -0.4 is 5.32 Å². The van der Waals surface area contributed by atoms with Crippen LogP contribution in [0.5, 0.6) is 0 Å². The second-order valence-corrected chi connectivity index (χ2v) is 4.84. The van der Waals surface area contributed by atoms with Gasteiger partial charge in [-0.2, -0.15) is 5.26 Å². The minimum absolute atomic E-state index is 0.197. The molecule has 5 heteroatoms. The number of nitrogens with one attached hydrogen (secondary N) is 1. The second-order valence-electron chi connectivity index (χ2n) is 4.46. The van der Waals surface area contributed by atoms with E-state index in [1.165, 1.54) is 0 Å². The number of halogens is 1. The third kappa shape index (κ3) is 2.68. The fourth-order valence-electron chi connectivity index (χ4n) is 1.85. The molecule has 0 saturated heterocycles. The molecule has 0 spiro atoms. The highest BCUT2D eigenvalue weighted by atomic mass is 35.5. The van der Waals surface area contributed by atoms with Gasteiger partial charge in [0.15, 0.2) is 0 Å². The summed E-state index contributed by atoms with van der Waals surface area (Å²) in [6.45, 7) is 0.955. The van der Waals surface area contributed by atoms with Crippen LogP contribution in [0.3, 0.4) is 0 Å². The van der Waals surface area contributed by atoms with E-state index in [0.717, 1.165) is 25.8 Å². The number of aromatic nitrogens is 1. The summed E-state index contributed by atoms with van der Waals surface area (Å²) in [5, 5.41) is 21.3. The Morgan fingerprint density at radius 2 is 2.35 bits per heavy atom. The lowest BCUT2D eigenvalue weighted by atomic mass is 10.0. The summed E-state index contributed by atoms with van der Waals surface area (Å²) in [6.07, 6.45) is 4.61. The molecule has 2 rings (SSSR count). The first-order valence-electron chi connectivity index (χ1n) is 5.60. The Labute approximate surface area is 105 Å². The molecule has 0 atom stereocenters. The molecule has 1 saturated carbocycles. The first kappa shape index (κ1) is 12.2. The zero-order chi connectivity index (χ0) is 12.3. The van der Waals surface area contributed by atoms with Gasteiger partial charge in [-0.15, -0.1) is 0 Å². The standard InChI is InChI=1S/C12H14ClN3O/c13-10-9(7-14)1-5-15-11(10)16-8-12(2-3-12)4-6-17/h1,5,17H,2-4,6,8H2,(H,15,16). The van der Waals surface area contributed by atoms with E-state index in [2.05, 4.69) is 10.3 Å². The summed E-state index contributed by atoms with van der Waals surface area (Å²) >= 11 is 6.04. The molecule has 0 radical (unpaired) electrons. The van der Waals surface area contributed by atoms with Gasteiger partial charge in [0.05, 0.1) is 5.56 Å². The summed E-state index contributed by atoms with van der Waals surface area (Å²) in [6, 6.07) is 3.61. The number of rotatable bonds is 5. The molecular formula is C12H14ClN3O. The number of nitriles is 1. The maximum atomic E-state index is 8.96. The Bertz CT molecular complexity index is 452. The third-order valence-corrected chi connectivity index (χ3v) is 3.62. The van der Waals surface area contributed by atoms with Crippen LogP contribution in [-0.4, -0.2) is 23.2 Å². The average molecular weight is 252 g/mol. The minimum atomic E-state index is 0.197. The predicted molar refractivity (Wildman–Crippen MR) is 65.8 cm³/mol. The van der Waals surface area contributed by atoms with Crippen molar-refractivity contribution in [2.45, 2.75) is 19.3 Å². The second kappa shape index (κ2) is 4.91. The Morgan fingerprint density at radius 3 is 2.94 bits per heavy atom. The molecule has 0 unspecified atom stereocenters. The van der Waals surface area contributed by atoms with Gasteiger partial charge in [-0.05, 0) is 30.7 Å². The normalized spacial score (nSPS) is 16.3. The van der Waals surface area contributed by atoms with Gasteiger partial charge in [0.1, 0.15) is 16.9 Å². The van der Waals surface area contributed by atoms with E-state index >= 15 is 0 Å². The molecule has 1 aliphatic carbocycles. The molecule has 1 aromatic heterocycles. The van der Waals surface area contributed by atoms with Gasteiger partial charge < -0.3 is 10.4 Å². The van der Waals surface area contributed by atoms with Crippen LogP contribution in [0.25, 0.3) is 0 Å². The zero-order valence-corrected chi connectivity index (χ0v) is 10.2. The summed E-state index contributed by atoms with van der Waals surface area (Å²) in [4.78, 5) is 4.12. The molecule has 1 fully saturated rings. The van der Waals surface area contributed by atoms with Gasteiger partial charge in [-0.25, -0.2) is 4.98 Å². The van der Waals surface area contributed by atoms with Crippen molar-refractivity contribution >= 4 is 17.4 Å². The lowest BCUT2D eigenvalue weighted by Gasteiger charge is -2.15. The van der Waals surface area contributed by atoms with E-state index in [1.54, 1.807) is 12.3 Å². The molecule has 1 heterocycles. The van der Waals surface area contributed by atoms with Crippen molar-refractivity contribution in [2.24, 2.45) is 5.41 Å². The van der Waals surface area contributed by atoms with Crippen molar-refractivity contribution in [1.82, 2.24) is 4.98 Å². The highest BCUT2D eigenvalue weighted by Crippen LogP contribution is 2.48. The Balaban J connectivity index is 2.03. The quantitative estimate of drug-likeness (QED) is 0.842. The molecule has 1 aromatic rings. The average Bonchev–Trinajstić information content (AvgIpc) is 3.09. The molecule has 0 amide bonds. The number of pyridine rings is 1. The lowest BCUT2D eigenvalue weighted by Crippen LogP contribution is -2.17. The van der Waals surface area contributed by atoms with Crippen LogP contribution >= 0.6 is 11.6 Å². The molecular weight excluding hydrogens is 238 g/mol. The number of aliphatic hydroxyl groups excluding tert-OH is 1. The fraction of sp³-hybridized carbons (Fsp3) is 0.500. The highest BCUT2D eigenvalue weighted by molar-refractivity contribution is 6.34. The van der Waals surface area contributed by atoms with Crippen LogP contribution in [0.15, 0.2) is 12.3 Å². The number of aliphatic hydroxyl groups is 1. The Hall–Kier alpha value is -1.31. The molecule has 0 aliphatic heterocycles. The SMILES string of the molecule is N#Cc1ccnc(NCC2(CCO)CC2)c1Cl. The van der Waals surface area contributed by atoms with E-state index in [-0.39, 0.29) is 12.0 Å². The minimum Gasteiger partial charge on any atom is -0.396 e. The maximum absolute atomic E-state index is 8.96. The topological polar surface area (TPSA) is 68.9 Å². The summed E-state index contributed by atoms with van der Waals surface area (Å²) in [7, 11) is 0. The highest BCUT2D eigenvalue weighted by Gasteiger charge is 2.41. The van der Waals surface area contributed by atoms with Crippen molar-refractivity contribution in [1.29, 1.82) is 5.26 Å². The number of anilines is 1. The summed E-state index contributed by atoms with van der Waals surface area (Å²) in [5.41, 5.74) is 0.624. The van der Waals surface area contributed by atoms with E-state index in [0.29, 0.717) is 16.4 Å². The molecule has 0 bridgehead atoms. The van der Waals surface area contributed by atoms with Gasteiger partial charge >= 0.3 is 0 Å². The van der Waals surface area contributed by atoms with Crippen molar-refractivity contribution in [3.8, 4) is 6.07 Å². The van der Waals surface area contributed by atoms with E-state index in [1.807, 2.05) is 6.07 Å². The maximum Gasteiger partial charge on any atom is 0.146 e. The van der Waals surface area contributed by atoms with E-state index < -0.39 is 0 Å². The zero-order valence-electron chi connectivity index (χ0n) is 9.41. The van der Waals surface area contributed by atoms with Crippen molar-refractivity contribution in [3.05, 3.63) is 22.8 Å². The number of hydrogen-bond acceptors (Lipinski definition) is 4. The molecule has 17 heavy (non-hydrogen) atoms. The Morgan fingerprint density at radius 1 is 1.59 bits per heavy atom. The van der Waals surface area contributed by atoms with Gasteiger partial charge in [0.25, 0.3) is 0 Å². The van der Waals surface area contributed by atoms with Gasteiger partial charge in [-0.3, -0.25) is 0 Å². The van der Waals surface area contributed by atoms with Gasteiger partial charge in [0.2, 0.25) is 0 Å². The number of nitrogens with zero attached hydrogens (tertiary/aromatic N) is 2. The summed E-state index contributed by atoms with van der Waals surface area (Å²) < 4.78 is 0. The molecule has 0 aromatic carbocycles. The largest absolute Gasteiger partial charge is 0.396 e.